The van der Waals surface area contributed by atoms with E-state index < -0.39 is 5.97 Å². The van der Waals surface area contributed by atoms with Gasteiger partial charge in [0.2, 0.25) is 0 Å². The van der Waals surface area contributed by atoms with E-state index in [9.17, 15) is 4.79 Å². The van der Waals surface area contributed by atoms with Gasteiger partial charge in [-0.2, -0.15) is 0 Å². The summed E-state index contributed by atoms with van der Waals surface area (Å²) in [5, 5.41) is 5.63. The standard InChI is InChI=1S/C11H12N4O2S/c1-6-5-18-11(14-6)15-9-3-7(10(16)17-2)8(12)4-13-9/h3-5H,12H2,1-2H3,(H,13,14,15). The van der Waals surface area contributed by atoms with Crippen molar-refractivity contribution in [3.05, 3.63) is 28.9 Å². The molecule has 0 aliphatic rings. The Kier molecular flexibility index (Phi) is 3.42. The third kappa shape index (κ3) is 2.57. The largest absolute Gasteiger partial charge is 0.465 e. The smallest absolute Gasteiger partial charge is 0.340 e. The van der Waals surface area contributed by atoms with Crippen LogP contribution in [0.1, 0.15) is 16.1 Å². The lowest BCUT2D eigenvalue weighted by atomic mass is 10.2. The Morgan fingerprint density at radius 3 is 2.94 bits per heavy atom. The molecule has 0 saturated carbocycles. The number of pyridine rings is 1. The predicted octanol–water partition coefficient (Wildman–Crippen LogP) is 1.96. The van der Waals surface area contributed by atoms with Crippen LogP contribution in [0.5, 0.6) is 0 Å². The average molecular weight is 264 g/mol. The Morgan fingerprint density at radius 1 is 1.56 bits per heavy atom. The highest BCUT2D eigenvalue weighted by Gasteiger charge is 2.12. The van der Waals surface area contributed by atoms with E-state index in [1.54, 1.807) is 0 Å². The zero-order valence-electron chi connectivity index (χ0n) is 9.93. The molecule has 2 aromatic heterocycles. The summed E-state index contributed by atoms with van der Waals surface area (Å²) in [5.74, 6) is 0.00668. The third-order valence-electron chi connectivity index (χ3n) is 2.19. The van der Waals surface area contributed by atoms with E-state index in [4.69, 9.17) is 5.73 Å². The third-order valence-corrected chi connectivity index (χ3v) is 3.07. The van der Waals surface area contributed by atoms with Crippen molar-refractivity contribution in [1.82, 2.24) is 9.97 Å². The van der Waals surface area contributed by atoms with Crippen LogP contribution < -0.4 is 11.1 Å². The van der Waals surface area contributed by atoms with Gasteiger partial charge in [-0.25, -0.2) is 14.8 Å². The normalized spacial score (nSPS) is 10.1. The first-order valence-corrected chi connectivity index (χ1v) is 6.01. The number of carbonyl (C=O) groups is 1. The van der Waals surface area contributed by atoms with Crippen LogP contribution in [-0.2, 0) is 4.74 Å². The van der Waals surface area contributed by atoms with Crippen LogP contribution in [0.25, 0.3) is 0 Å². The number of aryl methyl sites for hydroxylation is 1. The number of methoxy groups -OCH3 is 1. The minimum atomic E-state index is -0.492. The fourth-order valence-electron chi connectivity index (χ4n) is 1.34. The number of anilines is 3. The number of ether oxygens (including phenoxy) is 1. The summed E-state index contributed by atoms with van der Waals surface area (Å²) in [6, 6.07) is 1.54. The van der Waals surface area contributed by atoms with Gasteiger partial charge in [-0.05, 0) is 13.0 Å². The van der Waals surface area contributed by atoms with Crippen LogP contribution in [0, 0.1) is 6.92 Å². The Bertz CT molecular complexity index is 582. The van der Waals surface area contributed by atoms with Crippen LogP contribution in [0.3, 0.4) is 0 Å². The molecule has 2 heterocycles. The SMILES string of the molecule is COC(=O)c1cc(Nc2nc(C)cs2)ncc1N. The lowest BCUT2D eigenvalue weighted by Gasteiger charge is -2.06. The van der Waals surface area contributed by atoms with Crippen molar-refractivity contribution in [1.29, 1.82) is 0 Å². The fraction of sp³-hybridized carbons (Fsp3) is 0.182. The Hall–Kier alpha value is -2.15. The quantitative estimate of drug-likeness (QED) is 0.823. The van der Waals surface area contributed by atoms with E-state index in [1.165, 1.54) is 30.7 Å². The highest BCUT2D eigenvalue weighted by atomic mass is 32.1. The highest BCUT2D eigenvalue weighted by Crippen LogP contribution is 2.22. The van der Waals surface area contributed by atoms with Gasteiger partial charge in [0.25, 0.3) is 0 Å². The van der Waals surface area contributed by atoms with Crippen molar-refractivity contribution in [2.45, 2.75) is 6.92 Å². The molecule has 0 radical (unpaired) electrons. The summed E-state index contributed by atoms with van der Waals surface area (Å²) in [6.07, 6.45) is 1.41. The lowest BCUT2D eigenvalue weighted by Crippen LogP contribution is -2.07. The van der Waals surface area contributed by atoms with Gasteiger partial charge in [0.05, 0.1) is 30.3 Å². The molecule has 94 valence electrons. The predicted molar refractivity (Wildman–Crippen MR) is 70.1 cm³/mol. The number of aromatic nitrogens is 2. The van der Waals surface area contributed by atoms with Gasteiger partial charge < -0.3 is 15.8 Å². The lowest BCUT2D eigenvalue weighted by molar-refractivity contribution is 0.0602. The number of esters is 1. The number of rotatable bonds is 3. The number of nitrogens with zero attached hydrogens (tertiary/aromatic N) is 2. The van der Waals surface area contributed by atoms with Gasteiger partial charge >= 0.3 is 5.97 Å². The Balaban J connectivity index is 2.27. The maximum atomic E-state index is 11.5. The van der Waals surface area contributed by atoms with Crippen molar-refractivity contribution in [3.63, 3.8) is 0 Å². The Labute approximate surface area is 108 Å². The minimum absolute atomic E-state index is 0.280. The monoisotopic (exact) mass is 264 g/mol. The van der Waals surface area contributed by atoms with Crippen molar-refractivity contribution in [2.24, 2.45) is 0 Å². The number of nitrogens with two attached hydrogens (primary N) is 1. The number of hydrogen-bond acceptors (Lipinski definition) is 7. The second-order valence-corrected chi connectivity index (χ2v) is 4.43. The number of hydrogen-bond donors (Lipinski definition) is 2. The van der Waals surface area contributed by atoms with Gasteiger partial charge in [0.15, 0.2) is 5.13 Å². The van der Waals surface area contributed by atoms with Crippen LogP contribution in [-0.4, -0.2) is 23.0 Å². The van der Waals surface area contributed by atoms with E-state index in [0.29, 0.717) is 10.9 Å². The zero-order chi connectivity index (χ0) is 13.1. The molecule has 18 heavy (non-hydrogen) atoms. The van der Waals surface area contributed by atoms with Crippen LogP contribution >= 0.6 is 11.3 Å². The van der Waals surface area contributed by atoms with Gasteiger partial charge in [-0.1, -0.05) is 0 Å². The molecule has 2 aromatic rings. The fourth-order valence-corrected chi connectivity index (χ4v) is 2.04. The van der Waals surface area contributed by atoms with Crippen LogP contribution in [0.2, 0.25) is 0 Å². The highest BCUT2D eigenvalue weighted by molar-refractivity contribution is 7.13. The first-order chi connectivity index (χ1) is 8.60. The van der Waals surface area contributed by atoms with Crippen LogP contribution in [0.4, 0.5) is 16.6 Å². The second-order valence-electron chi connectivity index (χ2n) is 3.57. The summed E-state index contributed by atoms with van der Waals surface area (Å²) < 4.78 is 4.64. The van der Waals surface area contributed by atoms with Gasteiger partial charge in [0.1, 0.15) is 5.82 Å². The molecule has 0 unspecified atom stereocenters. The molecule has 0 aliphatic carbocycles. The Morgan fingerprint density at radius 2 is 2.33 bits per heavy atom. The van der Waals surface area contributed by atoms with Crippen molar-refractivity contribution >= 4 is 33.9 Å². The number of carbonyl (C=O) groups excluding carboxylic acids is 1. The number of nitrogen functional groups attached to an aromatic ring is 1. The molecular weight excluding hydrogens is 252 g/mol. The molecule has 0 bridgehead atoms. The maximum Gasteiger partial charge on any atom is 0.340 e. The number of thiazole rings is 1. The van der Waals surface area contributed by atoms with E-state index in [1.807, 2.05) is 12.3 Å². The summed E-state index contributed by atoms with van der Waals surface area (Å²) in [6.45, 7) is 1.90. The van der Waals surface area contributed by atoms with E-state index in [-0.39, 0.29) is 11.3 Å². The minimum Gasteiger partial charge on any atom is -0.465 e. The molecule has 0 aromatic carbocycles. The van der Waals surface area contributed by atoms with Crippen molar-refractivity contribution in [3.8, 4) is 0 Å². The topological polar surface area (TPSA) is 90.1 Å². The summed E-state index contributed by atoms with van der Waals surface area (Å²) in [7, 11) is 1.31. The first kappa shape index (κ1) is 12.3. The van der Waals surface area contributed by atoms with E-state index in [0.717, 1.165) is 5.69 Å². The van der Waals surface area contributed by atoms with Crippen molar-refractivity contribution < 1.29 is 9.53 Å². The molecule has 2 rings (SSSR count). The molecule has 7 heteroatoms. The summed E-state index contributed by atoms with van der Waals surface area (Å²) in [5.41, 5.74) is 7.14. The van der Waals surface area contributed by atoms with Gasteiger partial charge in [-0.15, -0.1) is 11.3 Å². The molecule has 3 N–H and O–H groups in total. The maximum absolute atomic E-state index is 11.5. The summed E-state index contributed by atoms with van der Waals surface area (Å²) in [4.78, 5) is 19.8. The molecule has 0 atom stereocenters. The van der Waals surface area contributed by atoms with Crippen LogP contribution in [0.15, 0.2) is 17.6 Å². The molecular formula is C11H12N4O2S. The average Bonchev–Trinajstić information content (AvgIpc) is 2.76. The second kappa shape index (κ2) is 5.01. The molecule has 0 saturated heterocycles. The van der Waals surface area contributed by atoms with Gasteiger partial charge in [-0.3, -0.25) is 0 Å². The first-order valence-electron chi connectivity index (χ1n) is 5.13. The summed E-state index contributed by atoms with van der Waals surface area (Å²) >= 11 is 1.46. The van der Waals surface area contributed by atoms with Gasteiger partial charge in [0, 0.05) is 5.38 Å². The molecule has 0 aliphatic heterocycles. The van der Waals surface area contributed by atoms with E-state index in [2.05, 4.69) is 20.0 Å². The molecule has 6 nitrogen and oxygen atoms in total. The number of nitrogens with one attached hydrogen (secondary N) is 1. The molecule has 0 spiro atoms. The molecule has 0 amide bonds. The zero-order valence-corrected chi connectivity index (χ0v) is 10.7. The molecule has 0 fully saturated rings. The van der Waals surface area contributed by atoms with E-state index >= 15 is 0 Å². The van der Waals surface area contributed by atoms with Crippen molar-refractivity contribution in [2.75, 3.05) is 18.2 Å².